The molecule has 0 heterocycles. The maximum atomic E-state index is 12.3. The standard InChI is InChI=1S/C22H39N5O2S/c1-5-23-22(25-18(4)9-8-16-27(6-2)7-3)24-17-19-10-14-21(15-11-19)30(28,29)26-20-12-13-20/h10-11,14-15,18,20,26H,5-9,12-13,16-17H2,1-4H3,(H2,23,24,25). The molecule has 1 atom stereocenters. The number of hydrogen-bond acceptors (Lipinski definition) is 4. The molecule has 170 valence electrons. The van der Waals surface area contributed by atoms with E-state index in [1.807, 2.05) is 12.1 Å². The summed E-state index contributed by atoms with van der Waals surface area (Å²) in [7, 11) is -3.40. The molecule has 0 aromatic heterocycles. The highest BCUT2D eigenvalue weighted by molar-refractivity contribution is 7.89. The highest BCUT2D eigenvalue weighted by Crippen LogP contribution is 2.22. The van der Waals surface area contributed by atoms with Crippen LogP contribution in [0, 0.1) is 0 Å². The topological polar surface area (TPSA) is 85.8 Å². The Morgan fingerprint density at radius 1 is 1.17 bits per heavy atom. The Morgan fingerprint density at radius 2 is 1.83 bits per heavy atom. The van der Waals surface area contributed by atoms with Crippen LogP contribution in [-0.2, 0) is 16.6 Å². The fourth-order valence-electron chi connectivity index (χ4n) is 3.22. The van der Waals surface area contributed by atoms with Gasteiger partial charge >= 0.3 is 0 Å². The summed E-state index contributed by atoms with van der Waals surface area (Å²) in [5.41, 5.74) is 0.978. The summed E-state index contributed by atoms with van der Waals surface area (Å²) >= 11 is 0. The molecule has 1 aromatic rings. The largest absolute Gasteiger partial charge is 0.357 e. The number of benzene rings is 1. The molecule has 0 spiro atoms. The number of rotatable bonds is 13. The van der Waals surface area contributed by atoms with Gasteiger partial charge in [0, 0.05) is 18.6 Å². The van der Waals surface area contributed by atoms with Crippen molar-refractivity contribution in [3.8, 4) is 0 Å². The van der Waals surface area contributed by atoms with E-state index in [1.165, 1.54) is 0 Å². The summed E-state index contributed by atoms with van der Waals surface area (Å²) in [6.07, 6.45) is 4.10. The number of aliphatic imine (C=N–C) groups is 1. The van der Waals surface area contributed by atoms with E-state index < -0.39 is 10.0 Å². The summed E-state index contributed by atoms with van der Waals surface area (Å²) < 4.78 is 27.3. The SMILES string of the molecule is CCNC(=NCc1ccc(S(=O)(=O)NC2CC2)cc1)NC(C)CCCN(CC)CC. The van der Waals surface area contributed by atoms with Gasteiger partial charge in [-0.25, -0.2) is 18.1 Å². The van der Waals surface area contributed by atoms with Gasteiger partial charge in [-0.3, -0.25) is 0 Å². The van der Waals surface area contributed by atoms with Gasteiger partial charge in [0.15, 0.2) is 5.96 Å². The van der Waals surface area contributed by atoms with E-state index in [1.54, 1.807) is 12.1 Å². The minimum absolute atomic E-state index is 0.113. The molecule has 30 heavy (non-hydrogen) atoms. The summed E-state index contributed by atoms with van der Waals surface area (Å²) in [6.45, 7) is 13.2. The fraction of sp³-hybridized carbons (Fsp3) is 0.682. The molecule has 1 fully saturated rings. The highest BCUT2D eigenvalue weighted by Gasteiger charge is 2.27. The molecule has 1 aromatic carbocycles. The quantitative estimate of drug-likeness (QED) is 0.326. The molecule has 1 unspecified atom stereocenters. The summed E-state index contributed by atoms with van der Waals surface area (Å²) in [4.78, 5) is 7.42. The minimum Gasteiger partial charge on any atom is -0.357 e. The van der Waals surface area contributed by atoms with Crippen LogP contribution in [0.2, 0.25) is 0 Å². The minimum atomic E-state index is -3.40. The number of sulfonamides is 1. The van der Waals surface area contributed by atoms with Crippen molar-refractivity contribution >= 4 is 16.0 Å². The van der Waals surface area contributed by atoms with Crippen molar-refractivity contribution in [1.82, 2.24) is 20.3 Å². The second kappa shape index (κ2) is 12.3. The van der Waals surface area contributed by atoms with Crippen LogP contribution in [0.1, 0.15) is 58.9 Å². The molecule has 1 aliphatic carbocycles. The Hall–Kier alpha value is -1.64. The first kappa shape index (κ1) is 24.6. The van der Waals surface area contributed by atoms with Crippen molar-refractivity contribution in [1.29, 1.82) is 0 Å². The van der Waals surface area contributed by atoms with Gasteiger partial charge in [0.2, 0.25) is 10.0 Å². The predicted molar refractivity (Wildman–Crippen MR) is 124 cm³/mol. The fourth-order valence-corrected chi connectivity index (χ4v) is 4.52. The third-order valence-corrected chi connectivity index (χ3v) is 6.82. The lowest BCUT2D eigenvalue weighted by molar-refractivity contribution is 0.292. The molecule has 7 nitrogen and oxygen atoms in total. The normalized spacial score (nSPS) is 16.0. The number of hydrogen-bond donors (Lipinski definition) is 3. The average molecular weight is 438 g/mol. The summed E-state index contributed by atoms with van der Waals surface area (Å²) in [6, 6.07) is 7.43. The van der Waals surface area contributed by atoms with Crippen LogP contribution in [0.25, 0.3) is 0 Å². The van der Waals surface area contributed by atoms with Gasteiger partial charge in [-0.1, -0.05) is 26.0 Å². The van der Waals surface area contributed by atoms with Crippen LogP contribution >= 0.6 is 0 Å². The summed E-state index contributed by atoms with van der Waals surface area (Å²) in [5, 5.41) is 6.77. The molecule has 0 amide bonds. The molecule has 1 saturated carbocycles. The second-order valence-electron chi connectivity index (χ2n) is 7.95. The Balaban J connectivity index is 1.87. The van der Waals surface area contributed by atoms with Crippen LogP contribution in [0.3, 0.4) is 0 Å². The van der Waals surface area contributed by atoms with E-state index in [2.05, 4.69) is 52.9 Å². The van der Waals surface area contributed by atoms with Crippen molar-refractivity contribution in [2.45, 2.75) is 76.9 Å². The first-order chi connectivity index (χ1) is 14.4. The number of nitrogens with zero attached hydrogens (tertiary/aromatic N) is 2. The van der Waals surface area contributed by atoms with Crippen molar-refractivity contribution in [2.75, 3.05) is 26.2 Å². The van der Waals surface area contributed by atoms with Crippen molar-refractivity contribution in [2.24, 2.45) is 4.99 Å². The van der Waals surface area contributed by atoms with Crippen LogP contribution in [0.4, 0.5) is 0 Å². The maximum Gasteiger partial charge on any atom is 0.240 e. The molecule has 0 bridgehead atoms. The zero-order valence-electron chi connectivity index (χ0n) is 18.9. The molecule has 0 radical (unpaired) electrons. The molecule has 2 rings (SSSR count). The van der Waals surface area contributed by atoms with Crippen LogP contribution in [0.15, 0.2) is 34.2 Å². The number of guanidine groups is 1. The van der Waals surface area contributed by atoms with Gasteiger partial charge < -0.3 is 15.5 Å². The smallest absolute Gasteiger partial charge is 0.240 e. The van der Waals surface area contributed by atoms with E-state index in [9.17, 15) is 8.42 Å². The van der Waals surface area contributed by atoms with Crippen LogP contribution in [0.5, 0.6) is 0 Å². The van der Waals surface area contributed by atoms with Crippen molar-refractivity contribution < 1.29 is 8.42 Å². The van der Waals surface area contributed by atoms with E-state index in [0.29, 0.717) is 17.5 Å². The Labute approximate surface area is 182 Å². The highest BCUT2D eigenvalue weighted by atomic mass is 32.2. The van der Waals surface area contributed by atoms with E-state index in [0.717, 1.165) is 63.4 Å². The van der Waals surface area contributed by atoms with E-state index in [4.69, 9.17) is 0 Å². The molecule has 8 heteroatoms. The van der Waals surface area contributed by atoms with Crippen molar-refractivity contribution in [3.05, 3.63) is 29.8 Å². The Morgan fingerprint density at radius 3 is 2.40 bits per heavy atom. The molecular weight excluding hydrogens is 398 g/mol. The first-order valence-corrected chi connectivity index (χ1v) is 12.7. The molecule has 0 aliphatic heterocycles. The number of nitrogens with one attached hydrogen (secondary N) is 3. The third kappa shape index (κ3) is 8.62. The summed E-state index contributed by atoms with van der Waals surface area (Å²) in [5.74, 6) is 0.792. The van der Waals surface area contributed by atoms with Gasteiger partial charge in [-0.05, 0) is 76.9 Å². The van der Waals surface area contributed by atoms with Gasteiger partial charge in [0.05, 0.1) is 11.4 Å². The zero-order chi connectivity index (χ0) is 22.0. The third-order valence-electron chi connectivity index (χ3n) is 5.29. The van der Waals surface area contributed by atoms with Gasteiger partial charge in [-0.15, -0.1) is 0 Å². The maximum absolute atomic E-state index is 12.3. The average Bonchev–Trinajstić information content (AvgIpc) is 3.53. The zero-order valence-corrected chi connectivity index (χ0v) is 19.8. The van der Waals surface area contributed by atoms with Gasteiger partial charge in [0.1, 0.15) is 0 Å². The molecule has 3 N–H and O–H groups in total. The first-order valence-electron chi connectivity index (χ1n) is 11.3. The second-order valence-corrected chi connectivity index (χ2v) is 9.66. The molecule has 1 aliphatic rings. The monoisotopic (exact) mass is 437 g/mol. The Kier molecular flexibility index (Phi) is 10.1. The lowest BCUT2D eigenvalue weighted by Gasteiger charge is -2.21. The predicted octanol–water partition coefficient (Wildman–Crippen LogP) is 2.69. The lowest BCUT2D eigenvalue weighted by atomic mass is 10.2. The van der Waals surface area contributed by atoms with E-state index >= 15 is 0 Å². The van der Waals surface area contributed by atoms with Crippen LogP contribution < -0.4 is 15.4 Å². The van der Waals surface area contributed by atoms with Gasteiger partial charge in [0.25, 0.3) is 0 Å². The molecular formula is C22H39N5O2S. The lowest BCUT2D eigenvalue weighted by Crippen LogP contribution is -2.42. The molecule has 0 saturated heterocycles. The van der Waals surface area contributed by atoms with Gasteiger partial charge in [-0.2, -0.15) is 0 Å². The Bertz CT molecular complexity index is 756. The van der Waals surface area contributed by atoms with Crippen molar-refractivity contribution in [3.63, 3.8) is 0 Å². The van der Waals surface area contributed by atoms with Crippen LogP contribution in [-0.4, -0.2) is 57.5 Å². The van der Waals surface area contributed by atoms with E-state index in [-0.39, 0.29) is 6.04 Å².